The molecule has 1 aromatic heterocycles. The van der Waals surface area contributed by atoms with Crippen molar-refractivity contribution < 1.29 is 4.42 Å². The zero-order chi connectivity index (χ0) is 17.8. The van der Waals surface area contributed by atoms with Crippen molar-refractivity contribution in [3.63, 3.8) is 0 Å². The fraction of sp³-hybridized carbons (Fsp3) is 0.632. The van der Waals surface area contributed by atoms with E-state index in [-0.39, 0.29) is 24.0 Å². The maximum absolute atomic E-state index is 5.34. The standard InChI is InChI=1S/C19H34N4O.HI/c1-6-11-20-19(22-13-10-18-9-7-15-24-18)21-12-8-14-23(16(2)3)17(4)5;/h6-7,9,15-17H,1,8,10-14H2,2-5H3,(H2,20,21,22);1H. The first kappa shape index (κ1) is 24.0. The minimum Gasteiger partial charge on any atom is -0.469 e. The van der Waals surface area contributed by atoms with E-state index in [9.17, 15) is 0 Å². The van der Waals surface area contributed by atoms with Crippen LogP contribution in [0.1, 0.15) is 39.9 Å². The summed E-state index contributed by atoms with van der Waals surface area (Å²) in [6.07, 6.45) is 5.43. The molecule has 144 valence electrons. The molecular formula is C19H35IN4O. The lowest BCUT2D eigenvalue weighted by Gasteiger charge is -2.30. The molecule has 1 aromatic rings. The Labute approximate surface area is 170 Å². The molecule has 1 heterocycles. The van der Waals surface area contributed by atoms with Gasteiger partial charge in [0.1, 0.15) is 5.76 Å². The first-order chi connectivity index (χ1) is 11.5. The van der Waals surface area contributed by atoms with Crippen LogP contribution < -0.4 is 10.6 Å². The molecule has 0 amide bonds. The maximum atomic E-state index is 5.34. The Balaban J connectivity index is 0.00000576. The van der Waals surface area contributed by atoms with Crippen LogP contribution in [0.5, 0.6) is 0 Å². The second-order valence-electron chi connectivity index (χ2n) is 6.43. The van der Waals surface area contributed by atoms with Gasteiger partial charge in [0.15, 0.2) is 5.96 Å². The Kier molecular flexibility index (Phi) is 13.6. The average Bonchev–Trinajstić information content (AvgIpc) is 3.04. The van der Waals surface area contributed by atoms with Crippen LogP contribution in [0.15, 0.2) is 40.5 Å². The molecule has 0 saturated heterocycles. The Morgan fingerprint density at radius 2 is 2.00 bits per heavy atom. The number of nitrogens with zero attached hydrogens (tertiary/aromatic N) is 2. The molecule has 0 fully saturated rings. The number of hydrogen-bond acceptors (Lipinski definition) is 3. The van der Waals surface area contributed by atoms with Crippen molar-refractivity contribution in [1.29, 1.82) is 0 Å². The molecule has 2 N–H and O–H groups in total. The first-order valence-electron chi connectivity index (χ1n) is 8.95. The number of aliphatic imine (C=N–C) groups is 1. The van der Waals surface area contributed by atoms with E-state index in [1.165, 1.54) is 0 Å². The highest BCUT2D eigenvalue weighted by atomic mass is 127. The molecule has 0 saturated carbocycles. The van der Waals surface area contributed by atoms with E-state index in [4.69, 9.17) is 4.42 Å². The van der Waals surface area contributed by atoms with Gasteiger partial charge in [-0.15, -0.1) is 30.6 Å². The van der Waals surface area contributed by atoms with Crippen LogP contribution >= 0.6 is 24.0 Å². The molecular weight excluding hydrogens is 427 g/mol. The van der Waals surface area contributed by atoms with Crippen molar-refractivity contribution in [1.82, 2.24) is 15.5 Å². The molecule has 0 aliphatic heterocycles. The van der Waals surface area contributed by atoms with Gasteiger partial charge in [0.25, 0.3) is 0 Å². The molecule has 6 heteroatoms. The molecule has 25 heavy (non-hydrogen) atoms. The highest BCUT2D eigenvalue weighted by molar-refractivity contribution is 14.0. The average molecular weight is 462 g/mol. The largest absolute Gasteiger partial charge is 0.469 e. The molecule has 0 atom stereocenters. The van der Waals surface area contributed by atoms with Crippen LogP contribution in [-0.2, 0) is 6.42 Å². The van der Waals surface area contributed by atoms with Gasteiger partial charge in [-0.1, -0.05) is 6.08 Å². The van der Waals surface area contributed by atoms with Crippen molar-refractivity contribution >= 4 is 29.9 Å². The van der Waals surface area contributed by atoms with Crippen molar-refractivity contribution in [2.24, 2.45) is 4.99 Å². The smallest absolute Gasteiger partial charge is 0.191 e. The van der Waals surface area contributed by atoms with Gasteiger partial charge in [-0.3, -0.25) is 9.89 Å². The summed E-state index contributed by atoms with van der Waals surface area (Å²) in [6, 6.07) is 5.04. The van der Waals surface area contributed by atoms with Crippen molar-refractivity contribution in [2.75, 3.05) is 26.2 Å². The zero-order valence-electron chi connectivity index (χ0n) is 16.1. The van der Waals surface area contributed by atoms with Gasteiger partial charge in [0.2, 0.25) is 0 Å². The third-order valence-electron chi connectivity index (χ3n) is 3.83. The third kappa shape index (κ3) is 10.5. The minimum atomic E-state index is 0. The van der Waals surface area contributed by atoms with E-state index in [0.29, 0.717) is 18.6 Å². The van der Waals surface area contributed by atoms with Crippen LogP contribution in [0.3, 0.4) is 0 Å². The first-order valence-corrected chi connectivity index (χ1v) is 8.95. The molecule has 0 aromatic carbocycles. The Morgan fingerprint density at radius 1 is 1.28 bits per heavy atom. The minimum absolute atomic E-state index is 0. The molecule has 0 spiro atoms. The summed E-state index contributed by atoms with van der Waals surface area (Å²) in [4.78, 5) is 7.16. The monoisotopic (exact) mass is 462 g/mol. The van der Waals surface area contributed by atoms with E-state index < -0.39 is 0 Å². The van der Waals surface area contributed by atoms with E-state index in [1.54, 1.807) is 6.26 Å². The number of guanidine groups is 1. The lowest BCUT2D eigenvalue weighted by molar-refractivity contribution is 0.174. The summed E-state index contributed by atoms with van der Waals surface area (Å²) in [7, 11) is 0. The lowest BCUT2D eigenvalue weighted by atomic mass is 10.2. The van der Waals surface area contributed by atoms with Gasteiger partial charge in [0, 0.05) is 44.7 Å². The van der Waals surface area contributed by atoms with E-state index >= 15 is 0 Å². The topological polar surface area (TPSA) is 52.8 Å². The summed E-state index contributed by atoms with van der Waals surface area (Å²) in [5.41, 5.74) is 0. The molecule has 0 bridgehead atoms. The molecule has 1 rings (SSSR count). The molecule has 0 unspecified atom stereocenters. The Morgan fingerprint density at radius 3 is 2.56 bits per heavy atom. The quantitative estimate of drug-likeness (QED) is 0.173. The number of halogens is 1. The summed E-state index contributed by atoms with van der Waals surface area (Å²) in [5, 5.41) is 6.60. The molecule has 5 nitrogen and oxygen atoms in total. The van der Waals surface area contributed by atoms with E-state index in [1.807, 2.05) is 18.2 Å². The summed E-state index contributed by atoms with van der Waals surface area (Å²) in [5.74, 6) is 1.82. The van der Waals surface area contributed by atoms with E-state index in [2.05, 4.69) is 54.8 Å². The van der Waals surface area contributed by atoms with Gasteiger partial charge in [0.05, 0.1) is 6.26 Å². The molecule has 0 aliphatic rings. The SMILES string of the molecule is C=CCNC(=NCCCN(C(C)C)C(C)C)NCCc1ccco1.I. The van der Waals surface area contributed by atoms with Gasteiger partial charge in [-0.2, -0.15) is 0 Å². The van der Waals surface area contributed by atoms with Gasteiger partial charge in [-0.25, -0.2) is 0 Å². The highest BCUT2D eigenvalue weighted by Gasteiger charge is 2.12. The number of furan rings is 1. The Hall–Kier alpha value is -1.02. The fourth-order valence-electron chi connectivity index (χ4n) is 2.66. The number of hydrogen-bond donors (Lipinski definition) is 2. The fourth-order valence-corrected chi connectivity index (χ4v) is 2.66. The van der Waals surface area contributed by atoms with Crippen LogP contribution in [0, 0.1) is 0 Å². The summed E-state index contributed by atoms with van der Waals surface area (Å²) >= 11 is 0. The summed E-state index contributed by atoms with van der Waals surface area (Å²) in [6.45, 7) is 16.1. The third-order valence-corrected chi connectivity index (χ3v) is 3.83. The summed E-state index contributed by atoms with van der Waals surface area (Å²) < 4.78 is 5.34. The molecule has 0 radical (unpaired) electrons. The highest BCUT2D eigenvalue weighted by Crippen LogP contribution is 2.05. The predicted molar refractivity (Wildman–Crippen MR) is 118 cm³/mol. The molecule has 0 aliphatic carbocycles. The van der Waals surface area contributed by atoms with Gasteiger partial charge >= 0.3 is 0 Å². The second kappa shape index (κ2) is 14.2. The second-order valence-corrected chi connectivity index (χ2v) is 6.43. The van der Waals surface area contributed by atoms with Gasteiger partial charge in [-0.05, 0) is 46.2 Å². The van der Waals surface area contributed by atoms with Crippen LogP contribution in [0.2, 0.25) is 0 Å². The maximum Gasteiger partial charge on any atom is 0.191 e. The number of nitrogens with one attached hydrogen (secondary N) is 2. The van der Waals surface area contributed by atoms with Crippen molar-refractivity contribution in [2.45, 2.75) is 52.6 Å². The van der Waals surface area contributed by atoms with Crippen molar-refractivity contribution in [3.05, 3.63) is 36.8 Å². The zero-order valence-corrected chi connectivity index (χ0v) is 18.5. The van der Waals surface area contributed by atoms with Crippen LogP contribution in [-0.4, -0.2) is 49.1 Å². The van der Waals surface area contributed by atoms with Gasteiger partial charge < -0.3 is 15.1 Å². The van der Waals surface area contributed by atoms with Crippen molar-refractivity contribution in [3.8, 4) is 0 Å². The van der Waals surface area contributed by atoms with Crippen LogP contribution in [0.4, 0.5) is 0 Å². The van der Waals surface area contributed by atoms with E-state index in [0.717, 1.165) is 44.2 Å². The predicted octanol–water partition coefficient (Wildman–Crippen LogP) is 3.67. The lowest BCUT2D eigenvalue weighted by Crippen LogP contribution is -2.39. The number of rotatable bonds is 11. The van der Waals surface area contributed by atoms with Crippen LogP contribution in [0.25, 0.3) is 0 Å². The Bertz CT molecular complexity index is 464. The normalized spacial score (nSPS) is 11.7.